The maximum absolute atomic E-state index is 13.1. The van der Waals surface area contributed by atoms with Crippen molar-refractivity contribution >= 4 is 22.9 Å². The zero-order valence-electron chi connectivity index (χ0n) is 21.2. The van der Waals surface area contributed by atoms with E-state index in [1.54, 1.807) is 9.58 Å². The van der Waals surface area contributed by atoms with E-state index in [1.807, 2.05) is 0 Å². The van der Waals surface area contributed by atoms with Gasteiger partial charge in [0, 0.05) is 24.7 Å². The molecule has 1 fully saturated rings. The largest absolute Gasteiger partial charge is 0.324 e. The number of anilines is 1. The van der Waals surface area contributed by atoms with Gasteiger partial charge in [0.15, 0.2) is 11.2 Å². The number of carbonyl (C=O) groups excluding carboxylic acids is 1. The zero-order chi connectivity index (χ0) is 26.2. The van der Waals surface area contributed by atoms with E-state index in [0.29, 0.717) is 49.6 Å². The zero-order valence-corrected chi connectivity index (χ0v) is 21.2. The molecule has 0 radical (unpaired) electrons. The van der Waals surface area contributed by atoms with E-state index in [1.165, 1.54) is 29.8 Å². The molecule has 0 aliphatic carbocycles. The summed E-state index contributed by atoms with van der Waals surface area (Å²) in [5, 5.41) is 11.0. The van der Waals surface area contributed by atoms with Crippen molar-refractivity contribution in [2.45, 2.75) is 51.5 Å². The van der Waals surface area contributed by atoms with Crippen LogP contribution in [0.5, 0.6) is 0 Å². The fourth-order valence-corrected chi connectivity index (χ4v) is 4.56. The van der Waals surface area contributed by atoms with Crippen LogP contribution in [0.25, 0.3) is 11.2 Å². The van der Waals surface area contributed by atoms with Crippen molar-refractivity contribution in [2.24, 2.45) is 0 Å². The van der Waals surface area contributed by atoms with E-state index in [2.05, 4.69) is 65.6 Å². The second kappa shape index (κ2) is 9.76. The summed E-state index contributed by atoms with van der Waals surface area (Å²) in [5.74, 6) is 0.233. The number of aromatic amines is 1. The van der Waals surface area contributed by atoms with E-state index in [-0.39, 0.29) is 34.3 Å². The SMILES string of the molecule is CC(C)(C)c1ccc(Cn2nnc3c(=O)[nH]c(C4CCN(C(=O)Nc5ccc(F)cc5)CC4)nc32)cc1. The summed E-state index contributed by atoms with van der Waals surface area (Å²) in [7, 11) is 0. The van der Waals surface area contributed by atoms with Gasteiger partial charge in [0.25, 0.3) is 5.56 Å². The number of benzene rings is 2. The van der Waals surface area contributed by atoms with Gasteiger partial charge in [0.1, 0.15) is 11.6 Å². The van der Waals surface area contributed by atoms with Gasteiger partial charge in [-0.2, -0.15) is 0 Å². The number of fused-ring (bicyclic) bond motifs is 1. The van der Waals surface area contributed by atoms with Crippen LogP contribution in [0.2, 0.25) is 0 Å². The molecule has 4 aromatic rings. The molecule has 1 aliphatic rings. The standard InChI is InChI=1S/C27H30FN7O2/c1-27(2,3)19-6-4-17(5-7-19)16-35-24-22(32-33-35)25(36)31-23(30-24)18-12-14-34(15-13-18)26(37)29-21-10-8-20(28)9-11-21/h4-11,18H,12-16H2,1-3H3,(H,29,37)(H,30,31,36). The Morgan fingerprint density at radius 3 is 2.41 bits per heavy atom. The predicted octanol–water partition coefficient (Wildman–Crippen LogP) is 4.41. The van der Waals surface area contributed by atoms with Crippen molar-refractivity contribution < 1.29 is 9.18 Å². The lowest BCUT2D eigenvalue weighted by Gasteiger charge is -2.31. The lowest BCUT2D eigenvalue weighted by molar-refractivity contribution is 0.193. The summed E-state index contributed by atoms with van der Waals surface area (Å²) >= 11 is 0. The Morgan fingerprint density at radius 1 is 1.08 bits per heavy atom. The minimum Gasteiger partial charge on any atom is -0.324 e. The normalized spacial score (nSPS) is 14.8. The molecule has 3 heterocycles. The Balaban J connectivity index is 1.28. The summed E-state index contributed by atoms with van der Waals surface area (Å²) in [4.78, 5) is 34.7. The fraction of sp³-hybridized carbons (Fsp3) is 0.370. The maximum atomic E-state index is 13.1. The molecule has 2 N–H and O–H groups in total. The quantitative estimate of drug-likeness (QED) is 0.429. The van der Waals surface area contributed by atoms with Gasteiger partial charge >= 0.3 is 6.03 Å². The van der Waals surface area contributed by atoms with Crippen molar-refractivity contribution in [1.82, 2.24) is 29.9 Å². The molecule has 2 amide bonds. The van der Waals surface area contributed by atoms with Gasteiger partial charge in [0.2, 0.25) is 0 Å². The van der Waals surface area contributed by atoms with Gasteiger partial charge in [-0.05, 0) is 53.6 Å². The third kappa shape index (κ3) is 5.37. The second-order valence-corrected chi connectivity index (χ2v) is 10.5. The highest BCUT2D eigenvalue weighted by molar-refractivity contribution is 5.89. The van der Waals surface area contributed by atoms with Crippen LogP contribution in [0.1, 0.15) is 56.5 Å². The first-order chi connectivity index (χ1) is 17.7. The molecule has 10 heteroatoms. The number of halogens is 1. The number of piperidine rings is 1. The first kappa shape index (κ1) is 24.6. The van der Waals surface area contributed by atoms with Crippen LogP contribution < -0.4 is 10.9 Å². The second-order valence-electron chi connectivity index (χ2n) is 10.5. The molecule has 5 rings (SSSR count). The number of urea groups is 1. The van der Waals surface area contributed by atoms with Gasteiger partial charge in [-0.15, -0.1) is 5.10 Å². The maximum Gasteiger partial charge on any atom is 0.321 e. The van der Waals surface area contributed by atoms with E-state index < -0.39 is 0 Å². The minimum atomic E-state index is -0.354. The van der Waals surface area contributed by atoms with Crippen LogP contribution in [0.15, 0.2) is 53.3 Å². The molecule has 0 atom stereocenters. The number of rotatable bonds is 4. The van der Waals surface area contributed by atoms with Crippen LogP contribution in [0.3, 0.4) is 0 Å². The first-order valence-corrected chi connectivity index (χ1v) is 12.4. The Morgan fingerprint density at radius 2 is 1.76 bits per heavy atom. The Bertz CT molecular complexity index is 1460. The van der Waals surface area contributed by atoms with Crippen LogP contribution in [0.4, 0.5) is 14.9 Å². The summed E-state index contributed by atoms with van der Waals surface area (Å²) in [6, 6.07) is 13.8. The number of aromatic nitrogens is 5. The Hall–Kier alpha value is -4.08. The molecule has 0 bridgehead atoms. The van der Waals surface area contributed by atoms with Crippen molar-refractivity contribution in [3.8, 4) is 0 Å². The van der Waals surface area contributed by atoms with E-state index in [9.17, 15) is 14.0 Å². The summed E-state index contributed by atoms with van der Waals surface area (Å²) in [6.07, 6.45) is 1.31. The van der Waals surface area contributed by atoms with Gasteiger partial charge in [0.05, 0.1) is 6.54 Å². The van der Waals surface area contributed by atoms with Crippen LogP contribution in [0, 0.1) is 5.82 Å². The van der Waals surface area contributed by atoms with Crippen LogP contribution >= 0.6 is 0 Å². The molecule has 2 aromatic carbocycles. The van der Waals surface area contributed by atoms with E-state index in [0.717, 1.165) is 5.56 Å². The summed E-state index contributed by atoms with van der Waals surface area (Å²) in [5.41, 5.74) is 3.25. The highest BCUT2D eigenvalue weighted by Gasteiger charge is 2.26. The van der Waals surface area contributed by atoms with Gasteiger partial charge in [-0.1, -0.05) is 50.3 Å². The molecule has 192 valence electrons. The van der Waals surface area contributed by atoms with Crippen LogP contribution in [-0.2, 0) is 12.0 Å². The molecular formula is C27H30FN7O2. The number of amides is 2. The van der Waals surface area contributed by atoms with Crippen LogP contribution in [-0.4, -0.2) is 49.0 Å². The molecule has 1 aliphatic heterocycles. The smallest absolute Gasteiger partial charge is 0.321 e. The topological polar surface area (TPSA) is 109 Å². The van der Waals surface area contributed by atoms with Crippen molar-refractivity contribution in [3.05, 3.63) is 81.7 Å². The van der Waals surface area contributed by atoms with E-state index in [4.69, 9.17) is 4.98 Å². The highest BCUT2D eigenvalue weighted by Crippen LogP contribution is 2.26. The lowest BCUT2D eigenvalue weighted by atomic mass is 9.87. The summed E-state index contributed by atoms with van der Waals surface area (Å²) < 4.78 is 14.8. The fourth-order valence-electron chi connectivity index (χ4n) is 4.56. The monoisotopic (exact) mass is 503 g/mol. The molecule has 1 saturated heterocycles. The van der Waals surface area contributed by atoms with Crippen molar-refractivity contribution in [2.75, 3.05) is 18.4 Å². The van der Waals surface area contributed by atoms with Gasteiger partial charge < -0.3 is 15.2 Å². The van der Waals surface area contributed by atoms with E-state index >= 15 is 0 Å². The highest BCUT2D eigenvalue weighted by atomic mass is 19.1. The number of nitrogens with zero attached hydrogens (tertiary/aromatic N) is 5. The van der Waals surface area contributed by atoms with Gasteiger partial charge in [-0.25, -0.2) is 18.9 Å². The molecular weight excluding hydrogens is 473 g/mol. The molecule has 37 heavy (non-hydrogen) atoms. The summed E-state index contributed by atoms with van der Waals surface area (Å²) in [6.45, 7) is 8.00. The molecule has 0 spiro atoms. The van der Waals surface area contributed by atoms with Crippen molar-refractivity contribution in [1.29, 1.82) is 0 Å². The molecule has 0 saturated carbocycles. The molecule has 2 aromatic heterocycles. The number of H-pyrrole nitrogens is 1. The third-order valence-corrected chi connectivity index (χ3v) is 6.81. The number of hydrogen-bond acceptors (Lipinski definition) is 5. The lowest BCUT2D eigenvalue weighted by Crippen LogP contribution is -2.41. The number of likely N-dealkylation sites (tertiary alicyclic amines) is 1. The predicted molar refractivity (Wildman–Crippen MR) is 139 cm³/mol. The first-order valence-electron chi connectivity index (χ1n) is 12.4. The number of carbonyl (C=O) groups is 1. The number of nitrogens with one attached hydrogen (secondary N) is 2. The number of hydrogen-bond donors (Lipinski definition) is 2. The average Bonchev–Trinajstić information content (AvgIpc) is 3.28. The van der Waals surface area contributed by atoms with Gasteiger partial charge in [-0.3, -0.25) is 4.79 Å². The average molecular weight is 504 g/mol. The molecule has 9 nitrogen and oxygen atoms in total. The third-order valence-electron chi connectivity index (χ3n) is 6.81. The molecule has 0 unspecified atom stereocenters. The minimum absolute atomic E-state index is 0.00129. The van der Waals surface area contributed by atoms with Crippen molar-refractivity contribution in [3.63, 3.8) is 0 Å². The Kier molecular flexibility index (Phi) is 6.49. The Labute approximate surface area is 213 Å².